The van der Waals surface area contributed by atoms with Crippen molar-refractivity contribution in [2.45, 2.75) is 40.5 Å². The van der Waals surface area contributed by atoms with Crippen molar-refractivity contribution in [1.29, 1.82) is 0 Å². The molecule has 0 aromatic carbocycles. The van der Waals surface area contributed by atoms with Gasteiger partial charge in [0.05, 0.1) is 4.99 Å². The van der Waals surface area contributed by atoms with Crippen molar-refractivity contribution in [2.24, 2.45) is 17.1 Å². The largest absolute Gasteiger partial charge is 0.393 e. The minimum absolute atomic E-state index is 0.0775. The molecule has 3 nitrogen and oxygen atoms in total. The Kier molecular flexibility index (Phi) is 5.80. The summed E-state index contributed by atoms with van der Waals surface area (Å²) in [5.74, 6) is 0.441. The first-order valence-electron chi connectivity index (χ1n) is 5.28. The molecule has 1 atom stereocenters. The van der Waals surface area contributed by atoms with E-state index in [4.69, 9.17) is 18.0 Å². The summed E-state index contributed by atoms with van der Waals surface area (Å²) in [6, 6.07) is 0. The Balaban J connectivity index is 3.79. The lowest BCUT2D eigenvalue weighted by atomic mass is 9.80. The van der Waals surface area contributed by atoms with Gasteiger partial charge in [-0.3, -0.25) is 4.79 Å². The zero-order valence-electron chi connectivity index (χ0n) is 10.1. The fraction of sp³-hybridized carbons (Fsp3) is 0.818. The number of carbonyl (C=O) groups excluding carboxylic acids is 1. The Labute approximate surface area is 97.8 Å². The van der Waals surface area contributed by atoms with E-state index in [1.54, 1.807) is 0 Å². The van der Waals surface area contributed by atoms with Crippen molar-refractivity contribution in [3.05, 3.63) is 0 Å². The highest BCUT2D eigenvalue weighted by molar-refractivity contribution is 7.80. The molecule has 0 radical (unpaired) electrons. The predicted octanol–water partition coefficient (Wildman–Crippen LogP) is 1.85. The second kappa shape index (κ2) is 6.05. The van der Waals surface area contributed by atoms with Crippen LogP contribution >= 0.6 is 12.2 Å². The average Bonchev–Trinajstić information content (AvgIpc) is 2.01. The van der Waals surface area contributed by atoms with Crippen LogP contribution in [0.15, 0.2) is 0 Å². The van der Waals surface area contributed by atoms with Gasteiger partial charge in [0.1, 0.15) is 0 Å². The van der Waals surface area contributed by atoms with E-state index in [2.05, 4.69) is 33.0 Å². The molecule has 88 valence electrons. The van der Waals surface area contributed by atoms with Crippen LogP contribution in [-0.2, 0) is 4.79 Å². The molecule has 0 fully saturated rings. The van der Waals surface area contributed by atoms with E-state index in [9.17, 15) is 4.79 Å². The Bertz CT molecular complexity index is 233. The molecule has 0 rings (SSSR count). The highest BCUT2D eigenvalue weighted by Gasteiger charge is 2.22. The van der Waals surface area contributed by atoms with Crippen LogP contribution in [0.1, 0.15) is 40.5 Å². The summed E-state index contributed by atoms with van der Waals surface area (Å²) >= 11 is 4.72. The van der Waals surface area contributed by atoms with Gasteiger partial charge in [0.25, 0.3) is 0 Å². The normalized spacial score (nSPS) is 13.3. The van der Waals surface area contributed by atoms with Crippen LogP contribution in [0, 0.1) is 11.3 Å². The first-order valence-corrected chi connectivity index (χ1v) is 5.69. The van der Waals surface area contributed by atoms with E-state index in [0.29, 0.717) is 30.3 Å². The van der Waals surface area contributed by atoms with Gasteiger partial charge in [-0.2, -0.15) is 0 Å². The molecule has 0 saturated heterocycles. The molecular weight excluding hydrogens is 208 g/mol. The van der Waals surface area contributed by atoms with Crippen LogP contribution in [0.5, 0.6) is 0 Å². The van der Waals surface area contributed by atoms with E-state index in [-0.39, 0.29) is 11.3 Å². The number of nitrogens with one attached hydrogen (secondary N) is 1. The highest BCUT2D eigenvalue weighted by Crippen LogP contribution is 2.27. The Morgan fingerprint density at radius 1 is 1.47 bits per heavy atom. The highest BCUT2D eigenvalue weighted by atomic mass is 32.1. The first kappa shape index (κ1) is 14.4. The van der Waals surface area contributed by atoms with Gasteiger partial charge in [-0.25, -0.2) is 0 Å². The minimum atomic E-state index is 0.0775. The zero-order chi connectivity index (χ0) is 12.1. The molecule has 15 heavy (non-hydrogen) atoms. The maximum Gasteiger partial charge on any atom is 0.220 e. The van der Waals surface area contributed by atoms with Crippen molar-refractivity contribution < 1.29 is 4.79 Å². The Hall–Kier alpha value is -0.640. The Morgan fingerprint density at radius 2 is 2.00 bits per heavy atom. The van der Waals surface area contributed by atoms with E-state index in [1.807, 2.05) is 0 Å². The van der Waals surface area contributed by atoms with Crippen molar-refractivity contribution in [3.8, 4) is 0 Å². The number of amides is 1. The van der Waals surface area contributed by atoms with Crippen molar-refractivity contribution in [3.63, 3.8) is 0 Å². The molecule has 0 heterocycles. The molecule has 0 aliphatic heterocycles. The smallest absolute Gasteiger partial charge is 0.220 e. The van der Waals surface area contributed by atoms with Crippen molar-refractivity contribution in [1.82, 2.24) is 5.32 Å². The summed E-state index contributed by atoms with van der Waals surface area (Å²) in [5, 5.41) is 2.81. The molecule has 0 bridgehead atoms. The molecule has 0 saturated carbocycles. The van der Waals surface area contributed by atoms with Gasteiger partial charge in [-0.1, -0.05) is 39.9 Å². The molecule has 4 heteroatoms. The number of hydrogen-bond donors (Lipinski definition) is 2. The molecule has 0 aromatic heterocycles. The van der Waals surface area contributed by atoms with E-state index >= 15 is 0 Å². The monoisotopic (exact) mass is 230 g/mol. The van der Waals surface area contributed by atoms with Gasteiger partial charge < -0.3 is 11.1 Å². The molecule has 3 N–H and O–H groups in total. The summed E-state index contributed by atoms with van der Waals surface area (Å²) in [7, 11) is 0. The summed E-state index contributed by atoms with van der Waals surface area (Å²) in [5.41, 5.74) is 5.50. The lowest BCUT2D eigenvalue weighted by Gasteiger charge is -2.26. The SMILES string of the molecule is CC(CC(=O)NCCC(N)=S)C(C)(C)C. The van der Waals surface area contributed by atoms with Gasteiger partial charge in [-0.05, 0) is 11.3 Å². The lowest BCUT2D eigenvalue weighted by molar-refractivity contribution is -0.122. The quantitative estimate of drug-likeness (QED) is 0.709. The fourth-order valence-corrected chi connectivity index (χ4v) is 1.08. The van der Waals surface area contributed by atoms with Gasteiger partial charge in [0.2, 0.25) is 5.91 Å². The molecule has 1 unspecified atom stereocenters. The van der Waals surface area contributed by atoms with E-state index < -0.39 is 0 Å². The van der Waals surface area contributed by atoms with Crippen LogP contribution in [0.3, 0.4) is 0 Å². The van der Waals surface area contributed by atoms with E-state index in [1.165, 1.54) is 0 Å². The number of carbonyl (C=O) groups is 1. The fourth-order valence-electron chi connectivity index (χ4n) is 0.982. The van der Waals surface area contributed by atoms with Crippen LogP contribution in [0.25, 0.3) is 0 Å². The minimum Gasteiger partial charge on any atom is -0.393 e. The van der Waals surface area contributed by atoms with Crippen LogP contribution in [0.2, 0.25) is 0 Å². The van der Waals surface area contributed by atoms with Crippen molar-refractivity contribution in [2.75, 3.05) is 6.54 Å². The van der Waals surface area contributed by atoms with Crippen LogP contribution in [0.4, 0.5) is 0 Å². The summed E-state index contributed by atoms with van der Waals surface area (Å²) in [4.78, 5) is 11.9. The maximum atomic E-state index is 11.5. The molecule has 0 spiro atoms. The number of thiocarbonyl (C=S) groups is 1. The molecule has 1 amide bonds. The third kappa shape index (κ3) is 7.31. The standard InChI is InChI=1S/C11H22N2OS/c1-8(11(2,3)4)7-10(14)13-6-5-9(12)15/h8H,5-7H2,1-4H3,(H2,12,15)(H,13,14). The third-order valence-electron chi connectivity index (χ3n) is 2.66. The molecule has 0 aliphatic carbocycles. The second-order valence-corrected chi connectivity index (χ2v) is 5.56. The lowest BCUT2D eigenvalue weighted by Crippen LogP contribution is -2.31. The summed E-state index contributed by atoms with van der Waals surface area (Å²) in [6.07, 6.45) is 1.13. The molecule has 0 aliphatic rings. The second-order valence-electron chi connectivity index (χ2n) is 5.04. The third-order valence-corrected chi connectivity index (χ3v) is 2.87. The maximum absolute atomic E-state index is 11.5. The molecule has 0 aromatic rings. The van der Waals surface area contributed by atoms with Gasteiger partial charge in [0.15, 0.2) is 0 Å². The zero-order valence-corrected chi connectivity index (χ0v) is 10.9. The van der Waals surface area contributed by atoms with Crippen molar-refractivity contribution >= 4 is 23.1 Å². The Morgan fingerprint density at radius 3 is 2.40 bits per heavy atom. The predicted molar refractivity (Wildman–Crippen MR) is 67.6 cm³/mol. The summed E-state index contributed by atoms with van der Waals surface area (Å²) in [6.45, 7) is 9.05. The topological polar surface area (TPSA) is 55.1 Å². The number of nitrogens with two attached hydrogens (primary N) is 1. The van der Waals surface area contributed by atoms with Gasteiger partial charge >= 0.3 is 0 Å². The van der Waals surface area contributed by atoms with Gasteiger partial charge in [-0.15, -0.1) is 0 Å². The van der Waals surface area contributed by atoms with E-state index in [0.717, 1.165) is 0 Å². The number of hydrogen-bond acceptors (Lipinski definition) is 2. The molecular formula is C11H22N2OS. The average molecular weight is 230 g/mol. The first-order chi connectivity index (χ1) is 6.73. The summed E-state index contributed by atoms with van der Waals surface area (Å²) < 4.78 is 0. The number of rotatable bonds is 5. The van der Waals surface area contributed by atoms with Crippen LogP contribution < -0.4 is 11.1 Å². The van der Waals surface area contributed by atoms with Crippen LogP contribution in [-0.4, -0.2) is 17.4 Å². The van der Waals surface area contributed by atoms with Gasteiger partial charge in [0, 0.05) is 19.4 Å².